The number of fused-ring (bicyclic) bond motifs is 1. The lowest BCUT2D eigenvalue weighted by atomic mass is 9.86. The van der Waals surface area contributed by atoms with E-state index in [9.17, 15) is 30.1 Å². The van der Waals surface area contributed by atoms with Gasteiger partial charge in [-0.15, -0.1) is 0 Å². The topological polar surface area (TPSA) is 118 Å². The number of hydrogen-bond donors (Lipinski definition) is 4. The van der Waals surface area contributed by atoms with Crippen LogP contribution in [-0.4, -0.2) is 42.7 Å². The number of hydroxylamine groups is 2. The molecule has 206 valence electrons. The lowest BCUT2D eigenvalue weighted by Gasteiger charge is -2.28. The predicted octanol–water partition coefficient (Wildman–Crippen LogP) is 5.15. The molecule has 0 saturated heterocycles. The van der Waals surface area contributed by atoms with E-state index in [0.717, 1.165) is 47.6 Å². The van der Waals surface area contributed by atoms with Crippen LogP contribution in [0.3, 0.4) is 0 Å². The van der Waals surface area contributed by atoms with Crippen LogP contribution in [0.5, 0.6) is 0 Å². The molecule has 3 rings (SSSR count). The quantitative estimate of drug-likeness (QED) is 0.137. The lowest BCUT2D eigenvalue weighted by Crippen LogP contribution is -2.41. The second kappa shape index (κ2) is 12.5. The molecule has 0 saturated carbocycles. The molecule has 0 aliphatic heterocycles. The summed E-state index contributed by atoms with van der Waals surface area (Å²) in [6.07, 6.45) is 14.4. The average molecular weight is 524 g/mol. The highest BCUT2D eigenvalue weighted by Crippen LogP contribution is 2.28. The fourth-order valence-electron chi connectivity index (χ4n) is 4.79. The largest absolute Gasteiger partial charge is 0.504 e. The van der Waals surface area contributed by atoms with Crippen molar-refractivity contribution >= 4 is 23.5 Å². The summed E-state index contributed by atoms with van der Waals surface area (Å²) in [4.78, 5) is 23.7. The molecule has 0 fully saturated rings. The van der Waals surface area contributed by atoms with Crippen LogP contribution in [0.1, 0.15) is 90.2 Å². The first-order valence-corrected chi connectivity index (χ1v) is 13.6. The molecule has 7 nitrogen and oxygen atoms in total. The first kappa shape index (κ1) is 29.2. The minimum atomic E-state index is -1.01. The van der Waals surface area contributed by atoms with Gasteiger partial charge in [-0.3, -0.25) is 19.9 Å². The Labute approximate surface area is 224 Å². The summed E-state index contributed by atoms with van der Waals surface area (Å²) in [5, 5.41) is 44.6. The molecular weight excluding hydrogens is 482 g/mol. The molecule has 0 unspecified atom stereocenters. The van der Waals surface area contributed by atoms with Crippen LogP contribution in [0, 0.1) is 0 Å². The number of ketones is 2. The van der Waals surface area contributed by atoms with Crippen molar-refractivity contribution in [1.29, 1.82) is 0 Å². The number of unbranched alkanes of at least 4 members (excludes halogenated alkanes) is 7. The third-order valence-corrected chi connectivity index (χ3v) is 7.08. The van der Waals surface area contributed by atoms with Gasteiger partial charge in [-0.1, -0.05) is 57.9 Å². The third kappa shape index (κ3) is 6.95. The highest BCUT2D eigenvalue weighted by Gasteiger charge is 2.28. The van der Waals surface area contributed by atoms with Crippen LogP contribution < -0.4 is 10.4 Å². The number of allylic oxidation sites excluding steroid dienone is 5. The zero-order chi connectivity index (χ0) is 28.0. The average Bonchev–Trinajstić information content (AvgIpc) is 2.85. The zero-order valence-corrected chi connectivity index (χ0v) is 23.0. The molecule has 7 heteroatoms. The van der Waals surface area contributed by atoms with E-state index in [2.05, 4.69) is 6.92 Å². The molecule has 0 bridgehead atoms. The van der Waals surface area contributed by atoms with Crippen molar-refractivity contribution in [2.45, 2.75) is 97.4 Å². The van der Waals surface area contributed by atoms with Gasteiger partial charge in [0.05, 0.1) is 5.54 Å². The summed E-state index contributed by atoms with van der Waals surface area (Å²) in [5.41, 5.74) is 1.60. The molecule has 0 amide bonds. The maximum absolute atomic E-state index is 12.0. The van der Waals surface area contributed by atoms with Gasteiger partial charge >= 0.3 is 0 Å². The molecule has 0 atom stereocenters. The first-order chi connectivity index (χ1) is 17.9. The van der Waals surface area contributed by atoms with Gasteiger partial charge in [0.1, 0.15) is 0 Å². The fourth-order valence-corrected chi connectivity index (χ4v) is 4.79. The Hall–Kier alpha value is -3.32. The fraction of sp³-hybridized carbons (Fsp3) is 0.484. The van der Waals surface area contributed by atoms with E-state index in [1.54, 1.807) is 6.20 Å². The number of Topliss-reactive ketones (excluding diaryl/α,β-unsaturated/α-hetero) is 1. The Morgan fingerprint density at radius 3 is 2.13 bits per heavy atom. The second-order valence-corrected chi connectivity index (χ2v) is 11.3. The molecule has 1 aromatic carbocycles. The molecular formula is C31H41NO6. The van der Waals surface area contributed by atoms with Gasteiger partial charge in [-0.05, 0) is 68.5 Å². The molecule has 2 aliphatic rings. The Morgan fingerprint density at radius 1 is 0.895 bits per heavy atom. The van der Waals surface area contributed by atoms with Gasteiger partial charge in [0.2, 0.25) is 5.78 Å². The van der Waals surface area contributed by atoms with E-state index in [0.29, 0.717) is 10.4 Å². The number of benzene rings is 1. The van der Waals surface area contributed by atoms with Gasteiger partial charge in [0.25, 0.3) is 5.78 Å². The van der Waals surface area contributed by atoms with Gasteiger partial charge < -0.3 is 15.3 Å². The summed E-state index contributed by atoms with van der Waals surface area (Å²) in [6, 6.07) is 3.91. The Balaban J connectivity index is 1.97. The van der Waals surface area contributed by atoms with Gasteiger partial charge in [0.15, 0.2) is 17.3 Å². The highest BCUT2D eigenvalue weighted by atomic mass is 16.5. The van der Waals surface area contributed by atoms with E-state index < -0.39 is 28.6 Å². The summed E-state index contributed by atoms with van der Waals surface area (Å²) in [7, 11) is 0. The molecule has 0 radical (unpaired) electrons. The summed E-state index contributed by atoms with van der Waals surface area (Å²) < 4.78 is 0. The van der Waals surface area contributed by atoms with Crippen molar-refractivity contribution in [2.75, 3.05) is 0 Å². The Kier molecular flexibility index (Phi) is 9.60. The van der Waals surface area contributed by atoms with Crippen molar-refractivity contribution < 1.29 is 30.1 Å². The number of aliphatic hydroxyl groups excluding tert-OH is 3. The standard InChI is InChI=1S/C31H41NO6/c1-5-6-7-8-9-10-11-12-13-20-14-22-16-24(21-17-25(33)29(36)26(34)18-21)28(35)30(37)27(22)23(15-20)19-32(38)31(2,3)4/h14-15,17-19,33,35,37-38H,5-13,16H2,1-4H3. The van der Waals surface area contributed by atoms with Crippen LogP contribution in [0.15, 0.2) is 46.9 Å². The number of rotatable bonds is 11. The minimum Gasteiger partial charge on any atom is -0.504 e. The molecule has 0 heterocycles. The number of hydrogen-bond acceptors (Lipinski definition) is 7. The van der Waals surface area contributed by atoms with Crippen LogP contribution in [-0.2, 0) is 22.4 Å². The van der Waals surface area contributed by atoms with E-state index in [-0.39, 0.29) is 23.3 Å². The van der Waals surface area contributed by atoms with Crippen LogP contribution in [0.2, 0.25) is 0 Å². The highest BCUT2D eigenvalue weighted by molar-refractivity contribution is 6.47. The number of aryl methyl sites for hydroxylation is 1. The lowest BCUT2D eigenvalue weighted by molar-refractivity contribution is -0.133. The van der Waals surface area contributed by atoms with Crippen LogP contribution in [0.4, 0.5) is 0 Å². The second-order valence-electron chi connectivity index (χ2n) is 11.3. The number of carbonyl (C=O) groups is 2. The van der Waals surface area contributed by atoms with E-state index in [1.165, 1.54) is 38.5 Å². The summed E-state index contributed by atoms with van der Waals surface area (Å²) in [5.74, 6) is -3.40. The van der Waals surface area contributed by atoms with E-state index >= 15 is 0 Å². The first-order valence-electron chi connectivity index (χ1n) is 13.6. The Morgan fingerprint density at radius 2 is 1.53 bits per heavy atom. The monoisotopic (exact) mass is 523 g/mol. The van der Waals surface area contributed by atoms with Gasteiger partial charge in [-0.2, -0.15) is 0 Å². The smallest absolute Gasteiger partial charge is 0.267 e. The summed E-state index contributed by atoms with van der Waals surface area (Å²) >= 11 is 0. The molecule has 4 N–H and O–H groups in total. The van der Waals surface area contributed by atoms with Crippen molar-refractivity contribution in [3.05, 3.63) is 68.5 Å². The molecule has 1 aromatic rings. The van der Waals surface area contributed by atoms with Gasteiger partial charge in [0, 0.05) is 28.6 Å². The zero-order valence-electron chi connectivity index (χ0n) is 23.0. The number of carbonyl (C=O) groups excluding carboxylic acids is 2. The molecule has 0 spiro atoms. The maximum Gasteiger partial charge on any atom is 0.267 e. The van der Waals surface area contributed by atoms with Crippen molar-refractivity contribution in [3.8, 4) is 0 Å². The van der Waals surface area contributed by atoms with Crippen molar-refractivity contribution in [2.24, 2.45) is 0 Å². The normalized spacial score (nSPS) is 16.6. The molecule has 0 aromatic heterocycles. The van der Waals surface area contributed by atoms with E-state index in [1.807, 2.05) is 32.9 Å². The van der Waals surface area contributed by atoms with E-state index in [4.69, 9.17) is 0 Å². The maximum atomic E-state index is 12.0. The van der Waals surface area contributed by atoms with Gasteiger partial charge in [-0.25, -0.2) is 0 Å². The summed E-state index contributed by atoms with van der Waals surface area (Å²) in [6.45, 7) is 7.77. The van der Waals surface area contributed by atoms with Crippen molar-refractivity contribution in [3.63, 3.8) is 0 Å². The predicted molar refractivity (Wildman–Crippen MR) is 148 cm³/mol. The Bertz CT molecular complexity index is 1290. The molecule has 38 heavy (non-hydrogen) atoms. The minimum absolute atomic E-state index is 0.176. The molecule has 2 aliphatic carbocycles. The third-order valence-electron chi connectivity index (χ3n) is 7.08. The van der Waals surface area contributed by atoms with Crippen LogP contribution in [0.25, 0.3) is 12.0 Å². The number of nitrogens with zero attached hydrogens (tertiary/aromatic N) is 1. The van der Waals surface area contributed by atoms with Crippen molar-refractivity contribution in [1.82, 2.24) is 5.06 Å². The number of aliphatic hydroxyl groups is 3. The van der Waals surface area contributed by atoms with Crippen LogP contribution >= 0.6 is 0 Å². The SMILES string of the molecule is CCCCCCCCCCc1cc2c(c(=CN(O)C(C)(C)C)c1)=C(O)C(O)=C(C1=CC(=O)C(=O)C(O)=C1)C2.